The number of hydrogen-bond acceptors (Lipinski definition) is 1. The molecule has 0 fully saturated rings. The van der Waals surface area contributed by atoms with Crippen LogP contribution in [0.2, 0.25) is 0 Å². The molecule has 0 unspecified atom stereocenters. The number of benzene rings is 5. The van der Waals surface area contributed by atoms with E-state index in [-0.39, 0.29) is 5.78 Å². The fourth-order valence-electron chi connectivity index (χ4n) is 4.74. The van der Waals surface area contributed by atoms with Gasteiger partial charge < -0.3 is 0 Å². The van der Waals surface area contributed by atoms with Crippen LogP contribution >= 0.6 is 6.89 Å². The van der Waals surface area contributed by atoms with Crippen molar-refractivity contribution in [1.29, 1.82) is 0 Å². The molecule has 38 heavy (non-hydrogen) atoms. The van der Waals surface area contributed by atoms with Crippen molar-refractivity contribution in [3.05, 3.63) is 175 Å². The quantitative estimate of drug-likeness (QED) is 0.161. The molecule has 0 aliphatic heterocycles. The molecule has 0 spiro atoms. The van der Waals surface area contributed by atoms with Crippen LogP contribution in [0.3, 0.4) is 0 Å². The molecular weight excluding hydrogens is 479 g/mol. The first kappa shape index (κ1) is 25.2. The number of carbonyl (C=O) groups is 1. The maximum Gasteiger partial charge on any atom is 0.186 e. The van der Waals surface area contributed by atoms with E-state index < -0.39 is 6.89 Å². The second kappa shape index (κ2) is 12.2. The molecule has 0 saturated heterocycles. The smallest absolute Gasteiger partial charge is 0.186 e. The highest BCUT2D eigenvalue weighted by molar-refractivity contribution is 7.96. The summed E-state index contributed by atoms with van der Waals surface area (Å²) >= 11 is 0. The van der Waals surface area contributed by atoms with Crippen LogP contribution in [0, 0.1) is 0 Å². The fourth-order valence-corrected chi connectivity index (χ4v) is 9.03. The summed E-state index contributed by atoms with van der Waals surface area (Å²) in [6.07, 6.45) is 7.75. The van der Waals surface area contributed by atoms with Crippen LogP contribution in [0.5, 0.6) is 0 Å². The lowest BCUT2D eigenvalue weighted by Crippen LogP contribution is -2.32. The third-order valence-electron chi connectivity index (χ3n) is 6.50. The van der Waals surface area contributed by atoms with E-state index in [0.717, 1.165) is 32.3 Å². The van der Waals surface area contributed by atoms with Gasteiger partial charge in [0.05, 0.1) is 0 Å². The Kier molecular flexibility index (Phi) is 8.09. The molecule has 2 heteroatoms. The summed E-state index contributed by atoms with van der Waals surface area (Å²) in [4.78, 5) is 14.4. The summed E-state index contributed by atoms with van der Waals surface area (Å²) in [5.74, 6) is 0.00549. The summed E-state index contributed by atoms with van der Waals surface area (Å²) in [7, 11) is 0. The average Bonchev–Trinajstić information content (AvgIpc) is 3.00. The van der Waals surface area contributed by atoms with Gasteiger partial charge in [-0.25, -0.2) is 0 Å². The molecule has 0 aliphatic carbocycles. The van der Waals surface area contributed by atoms with Gasteiger partial charge in [-0.1, -0.05) is 164 Å². The molecule has 0 amide bonds. The van der Waals surface area contributed by atoms with Crippen LogP contribution in [0.25, 0.3) is 12.2 Å². The minimum absolute atomic E-state index is 0.00549. The molecule has 0 heterocycles. The molecule has 0 saturated carbocycles. The van der Waals surface area contributed by atoms with Gasteiger partial charge in [0.1, 0.15) is 0 Å². The maximum absolute atomic E-state index is 14.4. The number of ketones is 1. The Bertz CT molecular complexity index is 1480. The van der Waals surface area contributed by atoms with Crippen molar-refractivity contribution < 1.29 is 4.79 Å². The Hall–Kier alpha value is -4.45. The largest absolute Gasteiger partial charge is 0.289 e. The molecule has 184 valence electrons. The van der Waals surface area contributed by atoms with Crippen LogP contribution < -0.4 is 15.9 Å². The van der Waals surface area contributed by atoms with Gasteiger partial charge in [-0.2, -0.15) is 0 Å². The van der Waals surface area contributed by atoms with Gasteiger partial charge >= 0.3 is 0 Å². The van der Waals surface area contributed by atoms with Crippen molar-refractivity contribution in [1.82, 2.24) is 0 Å². The minimum Gasteiger partial charge on any atom is -0.289 e. The Balaban J connectivity index is 1.88. The normalized spacial score (nSPS) is 11.6. The Labute approximate surface area is 225 Å². The van der Waals surface area contributed by atoms with E-state index in [0.29, 0.717) is 0 Å². The standard InChI is InChI=1S/C36H29OP/c37-35(28-26-30-16-6-1-7-17-30)36(29-27-31-18-8-2-9-19-31)38(32-20-10-3-11-21-32,33-22-12-4-13-23-33)34-24-14-5-15-25-34/h1-29H. The van der Waals surface area contributed by atoms with Gasteiger partial charge in [0.15, 0.2) is 5.78 Å². The van der Waals surface area contributed by atoms with E-state index in [2.05, 4.69) is 91.0 Å². The zero-order valence-electron chi connectivity index (χ0n) is 21.1. The predicted molar refractivity (Wildman–Crippen MR) is 166 cm³/mol. The van der Waals surface area contributed by atoms with E-state index in [4.69, 9.17) is 0 Å². The lowest BCUT2D eigenvalue weighted by Gasteiger charge is -2.31. The number of hydrogen-bond donors (Lipinski definition) is 0. The Morgan fingerprint density at radius 2 is 0.737 bits per heavy atom. The van der Waals surface area contributed by atoms with Gasteiger partial charge in [0.25, 0.3) is 0 Å². The average molecular weight is 509 g/mol. The van der Waals surface area contributed by atoms with Gasteiger partial charge in [-0.15, -0.1) is 0 Å². The highest BCUT2D eigenvalue weighted by Gasteiger charge is 2.31. The third-order valence-corrected chi connectivity index (χ3v) is 10.8. The zero-order valence-corrected chi connectivity index (χ0v) is 22.0. The van der Waals surface area contributed by atoms with Crippen LogP contribution in [0.1, 0.15) is 11.1 Å². The van der Waals surface area contributed by atoms with Crippen molar-refractivity contribution in [2.75, 3.05) is 0 Å². The highest BCUT2D eigenvalue weighted by atomic mass is 31.2. The van der Waals surface area contributed by atoms with Crippen molar-refractivity contribution in [3.63, 3.8) is 0 Å². The van der Waals surface area contributed by atoms with Crippen molar-refractivity contribution in [2.24, 2.45) is 0 Å². The van der Waals surface area contributed by atoms with E-state index >= 15 is 0 Å². The molecule has 0 aromatic heterocycles. The van der Waals surface area contributed by atoms with Gasteiger partial charge in [0.2, 0.25) is 0 Å². The lowest BCUT2D eigenvalue weighted by atomic mass is 10.1. The predicted octanol–water partition coefficient (Wildman–Crippen LogP) is 7.15. The fraction of sp³-hybridized carbons (Fsp3) is 0. The van der Waals surface area contributed by atoms with Crippen LogP contribution in [-0.2, 0) is 4.79 Å². The molecule has 0 radical (unpaired) electrons. The van der Waals surface area contributed by atoms with Crippen LogP contribution in [0.4, 0.5) is 0 Å². The zero-order chi connectivity index (χ0) is 26.0. The van der Waals surface area contributed by atoms with E-state index in [1.807, 2.05) is 78.9 Å². The van der Waals surface area contributed by atoms with Crippen molar-refractivity contribution in [2.45, 2.75) is 0 Å². The van der Waals surface area contributed by atoms with Gasteiger partial charge in [-0.3, -0.25) is 4.79 Å². The second-order valence-electron chi connectivity index (χ2n) is 8.91. The van der Waals surface area contributed by atoms with E-state index in [1.165, 1.54) is 0 Å². The molecule has 0 atom stereocenters. The lowest BCUT2D eigenvalue weighted by molar-refractivity contribution is -0.108. The van der Waals surface area contributed by atoms with Crippen molar-refractivity contribution in [3.8, 4) is 0 Å². The first-order valence-electron chi connectivity index (χ1n) is 12.7. The second-order valence-corrected chi connectivity index (χ2v) is 12.3. The molecule has 0 bridgehead atoms. The maximum atomic E-state index is 14.4. The van der Waals surface area contributed by atoms with E-state index in [9.17, 15) is 4.79 Å². The SMILES string of the molecule is O=C(C=Cc1ccccc1)C(C=Cc1ccccc1)=P(c1ccccc1)(c1ccccc1)c1ccccc1. The third kappa shape index (κ3) is 5.44. The minimum atomic E-state index is -2.55. The summed E-state index contributed by atoms with van der Waals surface area (Å²) in [6.45, 7) is -2.55. The van der Waals surface area contributed by atoms with E-state index in [1.54, 1.807) is 6.08 Å². The van der Waals surface area contributed by atoms with Crippen molar-refractivity contribution >= 4 is 46.0 Å². The molecule has 0 N–H and O–H groups in total. The summed E-state index contributed by atoms with van der Waals surface area (Å²) in [5, 5.41) is 4.22. The number of rotatable bonds is 8. The van der Waals surface area contributed by atoms with Gasteiger partial charge in [-0.05, 0) is 46.1 Å². The Morgan fingerprint density at radius 1 is 0.421 bits per heavy atom. The molecule has 0 aliphatic rings. The molecular formula is C36H29OP. The number of allylic oxidation sites excluding steroid dienone is 2. The molecule has 5 aromatic rings. The van der Waals surface area contributed by atoms with Crippen LogP contribution in [-0.4, -0.2) is 11.1 Å². The molecule has 5 rings (SSSR count). The molecule has 1 nitrogen and oxygen atoms in total. The highest BCUT2D eigenvalue weighted by Crippen LogP contribution is 2.47. The summed E-state index contributed by atoms with van der Waals surface area (Å²) in [6, 6.07) is 51.6. The summed E-state index contributed by atoms with van der Waals surface area (Å²) < 4.78 is 0. The monoisotopic (exact) mass is 508 g/mol. The number of carbonyl (C=O) groups excluding carboxylic acids is 1. The summed E-state index contributed by atoms with van der Waals surface area (Å²) in [5.41, 5.74) is 2.05. The Morgan fingerprint density at radius 3 is 1.11 bits per heavy atom. The molecule has 5 aromatic carbocycles. The first-order chi connectivity index (χ1) is 18.8. The topological polar surface area (TPSA) is 17.1 Å². The van der Waals surface area contributed by atoms with Crippen LogP contribution in [0.15, 0.2) is 164 Å². The van der Waals surface area contributed by atoms with Gasteiger partial charge in [0, 0.05) is 5.29 Å². The first-order valence-corrected chi connectivity index (χ1v) is 14.5.